The number of nitrogens with one attached hydrogen (secondary N) is 1. The number of hydrazone groups is 1. The molecule has 0 saturated carbocycles. The standard InChI is InChI=1S/C7H9N3/c1-3-4-8-7-6(2)5-9-10-7/h3-5H,2H2,1H3,(H,8,10)/b4-3-. The molecule has 0 radical (unpaired) electrons. The molecule has 1 aliphatic rings. The summed E-state index contributed by atoms with van der Waals surface area (Å²) in [6.07, 6.45) is 5.19. The van der Waals surface area contributed by atoms with Gasteiger partial charge in [0.25, 0.3) is 0 Å². The quantitative estimate of drug-likeness (QED) is 0.573. The zero-order valence-corrected chi connectivity index (χ0v) is 5.83. The predicted octanol–water partition coefficient (Wildman–Crippen LogP) is 1.06. The van der Waals surface area contributed by atoms with Crippen molar-refractivity contribution < 1.29 is 0 Å². The molecule has 52 valence electrons. The van der Waals surface area contributed by atoms with E-state index in [1.54, 1.807) is 12.4 Å². The van der Waals surface area contributed by atoms with Gasteiger partial charge in [-0.2, -0.15) is 5.10 Å². The van der Waals surface area contributed by atoms with Gasteiger partial charge in [0.15, 0.2) is 5.84 Å². The van der Waals surface area contributed by atoms with Crippen LogP contribution >= 0.6 is 0 Å². The zero-order valence-electron chi connectivity index (χ0n) is 5.83. The Balaban J connectivity index is 2.67. The first-order valence-electron chi connectivity index (χ1n) is 3.02. The molecule has 0 aromatic heterocycles. The number of rotatable bonds is 1. The largest absolute Gasteiger partial charge is 0.261 e. The lowest BCUT2D eigenvalue weighted by molar-refractivity contribution is 1.06. The number of aliphatic imine (C=N–C) groups is 1. The summed E-state index contributed by atoms with van der Waals surface area (Å²) in [5.41, 5.74) is 3.53. The molecule has 0 fully saturated rings. The number of hydrogen-bond acceptors (Lipinski definition) is 2. The fraction of sp³-hybridized carbons (Fsp3) is 0.143. The van der Waals surface area contributed by atoms with Crippen molar-refractivity contribution in [2.45, 2.75) is 6.92 Å². The molecule has 1 N–H and O–H groups in total. The summed E-state index contributed by atoms with van der Waals surface area (Å²) >= 11 is 0. The van der Waals surface area contributed by atoms with Gasteiger partial charge in [0.05, 0.1) is 6.21 Å². The van der Waals surface area contributed by atoms with Crippen molar-refractivity contribution in [1.82, 2.24) is 5.43 Å². The molecule has 0 amide bonds. The number of allylic oxidation sites excluding steroid dienone is 1. The van der Waals surface area contributed by atoms with Crippen LogP contribution in [-0.4, -0.2) is 12.1 Å². The molecule has 0 aromatic carbocycles. The second-order valence-corrected chi connectivity index (χ2v) is 1.86. The highest BCUT2D eigenvalue weighted by molar-refractivity contribution is 6.17. The number of nitrogens with zero attached hydrogens (tertiary/aromatic N) is 2. The molecule has 1 aliphatic heterocycles. The first kappa shape index (κ1) is 6.74. The Morgan fingerprint density at radius 3 is 3.10 bits per heavy atom. The average molecular weight is 135 g/mol. The lowest BCUT2D eigenvalue weighted by Crippen LogP contribution is -2.11. The fourth-order valence-corrected chi connectivity index (χ4v) is 0.565. The summed E-state index contributed by atoms with van der Waals surface area (Å²) in [5.74, 6) is 0.720. The van der Waals surface area contributed by atoms with E-state index < -0.39 is 0 Å². The van der Waals surface area contributed by atoms with Crippen LogP contribution in [0.25, 0.3) is 0 Å². The topological polar surface area (TPSA) is 36.8 Å². The summed E-state index contributed by atoms with van der Waals surface area (Å²) in [7, 11) is 0. The Labute approximate surface area is 59.9 Å². The SMILES string of the molecule is C=C1C=NN/C1=N/C=C\C. The third kappa shape index (κ3) is 1.31. The van der Waals surface area contributed by atoms with Crippen LogP contribution in [0, 0.1) is 0 Å². The highest BCUT2D eigenvalue weighted by Gasteiger charge is 2.04. The minimum Gasteiger partial charge on any atom is -0.261 e. The molecule has 0 saturated heterocycles. The van der Waals surface area contributed by atoms with E-state index in [1.807, 2.05) is 13.0 Å². The van der Waals surface area contributed by atoms with Crippen LogP contribution in [0.3, 0.4) is 0 Å². The summed E-state index contributed by atoms with van der Waals surface area (Å²) in [6, 6.07) is 0. The van der Waals surface area contributed by atoms with E-state index in [-0.39, 0.29) is 0 Å². The van der Waals surface area contributed by atoms with Gasteiger partial charge in [0.2, 0.25) is 0 Å². The second kappa shape index (κ2) is 2.96. The Hall–Kier alpha value is -1.38. The number of hydrogen-bond donors (Lipinski definition) is 1. The summed E-state index contributed by atoms with van der Waals surface area (Å²) in [6.45, 7) is 5.62. The van der Waals surface area contributed by atoms with Gasteiger partial charge in [0.1, 0.15) is 0 Å². The van der Waals surface area contributed by atoms with Crippen molar-refractivity contribution in [3.63, 3.8) is 0 Å². The van der Waals surface area contributed by atoms with Gasteiger partial charge in [-0.05, 0) is 6.92 Å². The molecule has 3 heteroatoms. The van der Waals surface area contributed by atoms with E-state index in [9.17, 15) is 0 Å². The third-order valence-electron chi connectivity index (χ3n) is 1.05. The van der Waals surface area contributed by atoms with Crippen molar-refractivity contribution in [3.05, 3.63) is 24.4 Å². The average Bonchev–Trinajstić information content (AvgIpc) is 2.31. The van der Waals surface area contributed by atoms with Crippen LogP contribution in [0.4, 0.5) is 0 Å². The van der Waals surface area contributed by atoms with E-state index in [1.165, 1.54) is 0 Å². The lowest BCUT2D eigenvalue weighted by Gasteiger charge is -1.91. The van der Waals surface area contributed by atoms with E-state index in [0.717, 1.165) is 11.4 Å². The van der Waals surface area contributed by atoms with Crippen LogP contribution in [-0.2, 0) is 0 Å². The summed E-state index contributed by atoms with van der Waals surface area (Å²) in [5, 5.41) is 3.76. The predicted molar refractivity (Wildman–Crippen MR) is 43.0 cm³/mol. The summed E-state index contributed by atoms with van der Waals surface area (Å²) < 4.78 is 0. The Bertz CT molecular complexity index is 223. The van der Waals surface area contributed by atoms with E-state index in [2.05, 4.69) is 22.1 Å². The molecule has 1 heterocycles. The van der Waals surface area contributed by atoms with Gasteiger partial charge in [0, 0.05) is 11.8 Å². The molecule has 0 unspecified atom stereocenters. The van der Waals surface area contributed by atoms with Gasteiger partial charge < -0.3 is 0 Å². The van der Waals surface area contributed by atoms with E-state index in [0.29, 0.717) is 0 Å². The molecule has 3 nitrogen and oxygen atoms in total. The monoisotopic (exact) mass is 135 g/mol. The second-order valence-electron chi connectivity index (χ2n) is 1.86. The molecule has 0 aromatic rings. The Morgan fingerprint density at radius 1 is 1.80 bits per heavy atom. The van der Waals surface area contributed by atoms with Crippen molar-refractivity contribution in [2.24, 2.45) is 10.1 Å². The highest BCUT2D eigenvalue weighted by atomic mass is 15.3. The Kier molecular flexibility index (Phi) is 1.99. The Morgan fingerprint density at radius 2 is 2.60 bits per heavy atom. The minimum absolute atomic E-state index is 0.720. The molecule has 0 spiro atoms. The zero-order chi connectivity index (χ0) is 7.40. The van der Waals surface area contributed by atoms with Gasteiger partial charge in [-0.3, -0.25) is 5.43 Å². The smallest absolute Gasteiger partial charge is 0.154 e. The van der Waals surface area contributed by atoms with E-state index in [4.69, 9.17) is 0 Å². The maximum Gasteiger partial charge on any atom is 0.154 e. The van der Waals surface area contributed by atoms with Crippen LogP contribution < -0.4 is 5.43 Å². The normalized spacial score (nSPS) is 20.9. The molecule has 0 atom stereocenters. The third-order valence-corrected chi connectivity index (χ3v) is 1.05. The van der Waals surface area contributed by atoms with Crippen molar-refractivity contribution in [2.75, 3.05) is 0 Å². The summed E-state index contributed by atoms with van der Waals surface area (Å²) in [4.78, 5) is 4.02. The molecular formula is C7H9N3. The van der Waals surface area contributed by atoms with Gasteiger partial charge in [-0.1, -0.05) is 12.7 Å². The van der Waals surface area contributed by atoms with Crippen LogP contribution in [0.15, 0.2) is 34.5 Å². The molecule has 0 bridgehead atoms. The maximum absolute atomic E-state index is 4.02. The maximum atomic E-state index is 4.02. The lowest BCUT2D eigenvalue weighted by atomic mass is 10.3. The molecular weight excluding hydrogens is 126 g/mol. The van der Waals surface area contributed by atoms with E-state index >= 15 is 0 Å². The highest BCUT2D eigenvalue weighted by Crippen LogP contribution is 1.95. The van der Waals surface area contributed by atoms with Crippen molar-refractivity contribution in [1.29, 1.82) is 0 Å². The number of amidine groups is 1. The minimum atomic E-state index is 0.720. The van der Waals surface area contributed by atoms with Crippen LogP contribution in [0.5, 0.6) is 0 Å². The molecule has 1 rings (SSSR count). The van der Waals surface area contributed by atoms with Gasteiger partial charge in [-0.25, -0.2) is 4.99 Å². The molecule has 10 heavy (non-hydrogen) atoms. The van der Waals surface area contributed by atoms with Crippen molar-refractivity contribution in [3.8, 4) is 0 Å². The van der Waals surface area contributed by atoms with Crippen LogP contribution in [0.2, 0.25) is 0 Å². The van der Waals surface area contributed by atoms with Crippen molar-refractivity contribution >= 4 is 12.1 Å². The van der Waals surface area contributed by atoms with Gasteiger partial charge in [-0.15, -0.1) is 0 Å². The van der Waals surface area contributed by atoms with Crippen LogP contribution in [0.1, 0.15) is 6.92 Å². The molecule has 0 aliphatic carbocycles. The van der Waals surface area contributed by atoms with Gasteiger partial charge >= 0.3 is 0 Å². The fourth-order valence-electron chi connectivity index (χ4n) is 0.565. The first-order valence-corrected chi connectivity index (χ1v) is 3.02. The first-order chi connectivity index (χ1) is 4.84.